The van der Waals surface area contributed by atoms with Crippen LogP contribution in [0.15, 0.2) is 27.8 Å². The fourth-order valence-electron chi connectivity index (χ4n) is 3.61. The van der Waals surface area contributed by atoms with E-state index in [-0.39, 0.29) is 17.7 Å². The molecule has 29 heavy (non-hydrogen) atoms. The number of hydrogen-bond donors (Lipinski definition) is 1. The number of aromatic nitrogens is 3. The monoisotopic (exact) mass is 428 g/mol. The van der Waals surface area contributed by atoms with Crippen molar-refractivity contribution in [1.29, 1.82) is 0 Å². The number of carbonyl (C=O) groups excluding carboxylic acids is 1. The standard InChI is InChI=1S/C21H24N4O2S2/c1-12(16-9-8-15-6-4-5-7-17(15)10-16)23-18(26)11-28-21-25-24-20(27-21)19-13(2)22-14(3)29-19/h8-10,12H,4-7,11H2,1-3H3,(H,23,26)/t12-/m0/s1. The van der Waals surface area contributed by atoms with Gasteiger partial charge in [-0.2, -0.15) is 0 Å². The van der Waals surface area contributed by atoms with Crippen molar-refractivity contribution in [2.75, 3.05) is 5.75 Å². The number of aryl methyl sites for hydroxylation is 4. The Morgan fingerprint density at radius 1 is 1.24 bits per heavy atom. The molecule has 1 aromatic carbocycles. The lowest BCUT2D eigenvalue weighted by Crippen LogP contribution is -2.28. The van der Waals surface area contributed by atoms with Gasteiger partial charge in [-0.3, -0.25) is 4.79 Å². The molecule has 2 heterocycles. The second kappa shape index (κ2) is 8.67. The molecule has 1 atom stereocenters. The van der Waals surface area contributed by atoms with E-state index in [1.54, 1.807) is 0 Å². The van der Waals surface area contributed by atoms with Crippen LogP contribution in [0.1, 0.15) is 53.2 Å². The number of amides is 1. The maximum atomic E-state index is 12.4. The van der Waals surface area contributed by atoms with Crippen molar-refractivity contribution in [1.82, 2.24) is 20.5 Å². The van der Waals surface area contributed by atoms with Crippen LogP contribution in [-0.4, -0.2) is 26.8 Å². The van der Waals surface area contributed by atoms with Gasteiger partial charge in [0.15, 0.2) is 0 Å². The van der Waals surface area contributed by atoms with Crippen LogP contribution in [0.5, 0.6) is 0 Å². The second-order valence-corrected chi connectivity index (χ2v) is 9.46. The highest BCUT2D eigenvalue weighted by atomic mass is 32.2. The topological polar surface area (TPSA) is 80.9 Å². The van der Waals surface area contributed by atoms with Gasteiger partial charge in [-0.15, -0.1) is 21.5 Å². The molecule has 0 bridgehead atoms. The Morgan fingerprint density at radius 2 is 2.03 bits per heavy atom. The number of thiazole rings is 1. The average Bonchev–Trinajstić information content (AvgIpc) is 3.31. The van der Waals surface area contributed by atoms with Gasteiger partial charge >= 0.3 is 0 Å². The molecule has 6 nitrogen and oxygen atoms in total. The molecule has 152 valence electrons. The molecule has 0 saturated heterocycles. The Balaban J connectivity index is 1.33. The molecule has 0 aliphatic heterocycles. The van der Waals surface area contributed by atoms with E-state index in [1.807, 2.05) is 20.8 Å². The van der Waals surface area contributed by atoms with Crippen molar-refractivity contribution in [3.05, 3.63) is 45.6 Å². The van der Waals surface area contributed by atoms with Gasteiger partial charge in [0.25, 0.3) is 11.1 Å². The molecule has 8 heteroatoms. The first-order valence-corrected chi connectivity index (χ1v) is 11.6. The summed E-state index contributed by atoms with van der Waals surface area (Å²) < 4.78 is 5.70. The van der Waals surface area contributed by atoms with Crippen LogP contribution < -0.4 is 5.32 Å². The number of hydrogen-bond acceptors (Lipinski definition) is 7. The molecule has 1 aliphatic rings. The Morgan fingerprint density at radius 3 is 2.79 bits per heavy atom. The SMILES string of the molecule is Cc1nc(C)c(-c2nnc(SCC(=O)N[C@@H](C)c3ccc4c(c3)CCCC4)o2)s1. The van der Waals surface area contributed by atoms with E-state index in [2.05, 4.69) is 38.7 Å². The Labute approximate surface area is 178 Å². The van der Waals surface area contributed by atoms with Crippen molar-refractivity contribution >= 4 is 29.0 Å². The highest BCUT2D eigenvalue weighted by Gasteiger charge is 2.17. The molecule has 1 aliphatic carbocycles. The largest absolute Gasteiger partial charge is 0.410 e. The van der Waals surface area contributed by atoms with E-state index in [1.165, 1.54) is 53.5 Å². The van der Waals surface area contributed by atoms with E-state index in [9.17, 15) is 4.79 Å². The molecular weight excluding hydrogens is 404 g/mol. The maximum absolute atomic E-state index is 12.4. The van der Waals surface area contributed by atoms with Crippen LogP contribution in [0.3, 0.4) is 0 Å². The molecule has 0 fully saturated rings. The molecule has 0 spiro atoms. The van der Waals surface area contributed by atoms with Gasteiger partial charge in [0.1, 0.15) is 4.88 Å². The fourth-order valence-corrected chi connectivity index (χ4v) is 5.02. The van der Waals surface area contributed by atoms with Crippen LogP contribution >= 0.6 is 23.1 Å². The quantitative estimate of drug-likeness (QED) is 0.575. The summed E-state index contributed by atoms with van der Waals surface area (Å²) in [4.78, 5) is 17.7. The normalized spacial score (nSPS) is 14.4. The van der Waals surface area contributed by atoms with E-state index in [4.69, 9.17) is 4.42 Å². The third-order valence-electron chi connectivity index (χ3n) is 5.08. The lowest BCUT2D eigenvalue weighted by Gasteiger charge is -2.20. The summed E-state index contributed by atoms with van der Waals surface area (Å²) in [7, 11) is 0. The lowest BCUT2D eigenvalue weighted by atomic mass is 9.89. The summed E-state index contributed by atoms with van der Waals surface area (Å²) in [5.74, 6) is 0.640. The number of nitrogens with one attached hydrogen (secondary N) is 1. The zero-order valence-corrected chi connectivity index (χ0v) is 18.5. The lowest BCUT2D eigenvalue weighted by molar-refractivity contribution is -0.119. The van der Waals surface area contributed by atoms with Crippen molar-refractivity contribution in [3.63, 3.8) is 0 Å². The summed E-state index contributed by atoms with van der Waals surface area (Å²) in [5.41, 5.74) is 4.91. The number of fused-ring (bicyclic) bond motifs is 1. The van der Waals surface area contributed by atoms with E-state index < -0.39 is 0 Å². The first kappa shape index (κ1) is 20.1. The zero-order valence-electron chi connectivity index (χ0n) is 16.8. The summed E-state index contributed by atoms with van der Waals surface area (Å²) in [6.45, 7) is 5.89. The van der Waals surface area contributed by atoms with Gasteiger partial charge < -0.3 is 9.73 Å². The van der Waals surface area contributed by atoms with E-state index >= 15 is 0 Å². The van der Waals surface area contributed by atoms with Crippen molar-refractivity contribution in [3.8, 4) is 10.8 Å². The smallest absolute Gasteiger partial charge is 0.277 e. The second-order valence-electron chi connectivity index (χ2n) is 7.33. The van der Waals surface area contributed by atoms with Gasteiger partial charge in [0.05, 0.1) is 22.5 Å². The minimum absolute atomic E-state index is 0.0311. The van der Waals surface area contributed by atoms with Crippen LogP contribution in [0.2, 0.25) is 0 Å². The molecule has 1 N–H and O–H groups in total. The van der Waals surface area contributed by atoms with Gasteiger partial charge in [-0.1, -0.05) is 30.0 Å². The van der Waals surface area contributed by atoms with Crippen LogP contribution in [0, 0.1) is 13.8 Å². The van der Waals surface area contributed by atoms with E-state index in [0.29, 0.717) is 11.1 Å². The predicted octanol–water partition coefficient (Wildman–Crippen LogP) is 4.66. The summed E-state index contributed by atoms with van der Waals surface area (Å²) in [5, 5.41) is 12.6. The summed E-state index contributed by atoms with van der Waals surface area (Å²) >= 11 is 2.77. The molecule has 2 aromatic heterocycles. The zero-order chi connectivity index (χ0) is 20.4. The molecule has 0 unspecified atom stereocenters. The predicted molar refractivity (Wildman–Crippen MR) is 115 cm³/mol. The number of nitrogens with zero attached hydrogens (tertiary/aromatic N) is 3. The van der Waals surface area contributed by atoms with Crippen molar-refractivity contribution in [2.45, 2.75) is 57.7 Å². The Kier molecular flexibility index (Phi) is 6.01. The Bertz CT molecular complexity index is 1030. The van der Waals surface area contributed by atoms with Crippen LogP contribution in [-0.2, 0) is 17.6 Å². The minimum Gasteiger partial charge on any atom is -0.410 e. The minimum atomic E-state index is -0.0511. The van der Waals surface area contributed by atoms with Gasteiger partial charge in [0, 0.05) is 0 Å². The van der Waals surface area contributed by atoms with Crippen molar-refractivity contribution < 1.29 is 9.21 Å². The first-order valence-electron chi connectivity index (χ1n) is 9.81. The number of carbonyl (C=O) groups is 1. The number of rotatable bonds is 6. The molecular formula is C21H24N4O2S2. The highest BCUT2D eigenvalue weighted by Crippen LogP contribution is 2.30. The molecule has 0 radical (unpaired) electrons. The molecule has 0 saturated carbocycles. The van der Waals surface area contributed by atoms with Gasteiger partial charge in [-0.25, -0.2) is 4.98 Å². The fraction of sp³-hybridized carbons (Fsp3) is 0.429. The number of thioether (sulfide) groups is 1. The Hall–Kier alpha value is -2.19. The highest BCUT2D eigenvalue weighted by molar-refractivity contribution is 7.99. The third-order valence-corrected chi connectivity index (χ3v) is 6.96. The van der Waals surface area contributed by atoms with Gasteiger partial charge in [0.2, 0.25) is 5.91 Å². The molecule has 1 amide bonds. The molecule has 4 rings (SSSR count). The third kappa shape index (κ3) is 4.70. The number of benzene rings is 1. The van der Waals surface area contributed by atoms with E-state index in [0.717, 1.165) is 27.6 Å². The summed E-state index contributed by atoms with van der Waals surface area (Å²) in [6.07, 6.45) is 4.83. The first-order chi connectivity index (χ1) is 14.0. The molecule has 3 aromatic rings. The van der Waals surface area contributed by atoms with Crippen LogP contribution in [0.25, 0.3) is 10.8 Å². The average molecular weight is 429 g/mol. The maximum Gasteiger partial charge on any atom is 0.277 e. The van der Waals surface area contributed by atoms with Crippen LogP contribution in [0.4, 0.5) is 0 Å². The summed E-state index contributed by atoms with van der Waals surface area (Å²) in [6, 6.07) is 6.56. The van der Waals surface area contributed by atoms with Crippen molar-refractivity contribution in [2.24, 2.45) is 0 Å². The van der Waals surface area contributed by atoms with Gasteiger partial charge in [-0.05, 0) is 63.1 Å².